The Labute approximate surface area is 126 Å². The topological polar surface area (TPSA) is 72.2 Å². The van der Waals surface area contributed by atoms with Gasteiger partial charge in [-0.3, -0.25) is 0 Å². The van der Waals surface area contributed by atoms with E-state index in [2.05, 4.69) is 20.7 Å². The van der Waals surface area contributed by atoms with Crippen LogP contribution in [0.25, 0.3) is 0 Å². The van der Waals surface area contributed by atoms with Gasteiger partial charge in [0.1, 0.15) is 0 Å². The molecule has 0 aromatic heterocycles. The van der Waals surface area contributed by atoms with Crippen LogP contribution in [0, 0.1) is 0 Å². The zero-order valence-corrected chi connectivity index (χ0v) is 13.7. The van der Waals surface area contributed by atoms with Crippen LogP contribution in [-0.2, 0) is 16.6 Å². The van der Waals surface area contributed by atoms with E-state index in [0.717, 1.165) is 29.9 Å². The molecule has 7 heteroatoms. The lowest BCUT2D eigenvalue weighted by Crippen LogP contribution is -2.38. The summed E-state index contributed by atoms with van der Waals surface area (Å²) >= 11 is 5.10. The standard InChI is InChI=1S/C12H17BrN2O2S2/c13-11-6-9(7-14)3-4-12(11)19(16,17)15-10-2-1-5-18-8-10/h3-4,6,10,15H,1-2,5,7-8,14H2. The maximum atomic E-state index is 12.3. The molecule has 1 unspecified atom stereocenters. The third-order valence-electron chi connectivity index (χ3n) is 3.00. The SMILES string of the molecule is NCc1ccc(S(=O)(=O)NC2CCCSC2)c(Br)c1. The van der Waals surface area contributed by atoms with Crippen LogP contribution in [0.4, 0.5) is 0 Å². The minimum absolute atomic E-state index is 0.0323. The van der Waals surface area contributed by atoms with E-state index in [0.29, 0.717) is 11.0 Å². The Kier molecular flexibility index (Phi) is 5.30. The Hall–Kier alpha value is -0.0800. The van der Waals surface area contributed by atoms with Crippen molar-refractivity contribution in [2.45, 2.75) is 30.3 Å². The smallest absolute Gasteiger partial charge is 0.241 e. The van der Waals surface area contributed by atoms with E-state index in [1.165, 1.54) is 0 Å². The van der Waals surface area contributed by atoms with E-state index in [1.807, 2.05) is 0 Å². The zero-order chi connectivity index (χ0) is 13.9. The predicted octanol–water partition coefficient (Wildman–Crippen LogP) is 2.08. The number of nitrogens with two attached hydrogens (primary N) is 1. The highest BCUT2D eigenvalue weighted by molar-refractivity contribution is 9.10. The minimum atomic E-state index is -3.47. The molecule has 0 radical (unpaired) electrons. The van der Waals surface area contributed by atoms with Crippen molar-refractivity contribution in [2.24, 2.45) is 5.73 Å². The first-order valence-electron chi connectivity index (χ1n) is 6.11. The van der Waals surface area contributed by atoms with Crippen LogP contribution in [0.15, 0.2) is 27.6 Å². The second kappa shape index (κ2) is 6.58. The number of benzene rings is 1. The van der Waals surface area contributed by atoms with Crippen molar-refractivity contribution in [3.8, 4) is 0 Å². The molecule has 1 fully saturated rings. The molecule has 0 bridgehead atoms. The number of sulfonamides is 1. The van der Waals surface area contributed by atoms with E-state index in [-0.39, 0.29) is 10.9 Å². The summed E-state index contributed by atoms with van der Waals surface area (Å²) in [6, 6.07) is 5.13. The molecular formula is C12H17BrN2O2S2. The fourth-order valence-electron chi connectivity index (χ4n) is 2.01. The lowest BCUT2D eigenvalue weighted by atomic mass is 10.2. The normalized spacial score (nSPS) is 20.4. The first-order valence-corrected chi connectivity index (χ1v) is 9.54. The predicted molar refractivity (Wildman–Crippen MR) is 82.7 cm³/mol. The quantitative estimate of drug-likeness (QED) is 0.857. The summed E-state index contributed by atoms with van der Waals surface area (Å²) < 4.78 is 28.0. The second-order valence-electron chi connectivity index (χ2n) is 4.50. The third-order valence-corrected chi connectivity index (χ3v) is 6.72. The number of halogens is 1. The van der Waals surface area contributed by atoms with Gasteiger partial charge in [-0.2, -0.15) is 11.8 Å². The number of hydrogen-bond donors (Lipinski definition) is 2. The van der Waals surface area contributed by atoms with Crippen LogP contribution >= 0.6 is 27.7 Å². The van der Waals surface area contributed by atoms with Gasteiger partial charge in [0.2, 0.25) is 10.0 Å². The van der Waals surface area contributed by atoms with Crippen molar-refractivity contribution in [3.63, 3.8) is 0 Å². The molecule has 2 rings (SSSR count). The maximum absolute atomic E-state index is 12.3. The number of hydrogen-bond acceptors (Lipinski definition) is 4. The van der Waals surface area contributed by atoms with Gasteiger partial charge >= 0.3 is 0 Å². The lowest BCUT2D eigenvalue weighted by molar-refractivity contribution is 0.542. The second-order valence-corrected chi connectivity index (χ2v) is 8.19. The summed E-state index contributed by atoms with van der Waals surface area (Å²) in [5.41, 5.74) is 6.44. The number of thioether (sulfide) groups is 1. The van der Waals surface area contributed by atoms with Gasteiger partial charge in [0.25, 0.3) is 0 Å². The molecule has 0 spiro atoms. The first-order chi connectivity index (χ1) is 9.03. The minimum Gasteiger partial charge on any atom is -0.326 e. The van der Waals surface area contributed by atoms with Crippen molar-refractivity contribution < 1.29 is 8.42 Å². The molecule has 19 heavy (non-hydrogen) atoms. The monoisotopic (exact) mass is 364 g/mol. The van der Waals surface area contributed by atoms with Gasteiger partial charge in [-0.1, -0.05) is 6.07 Å². The summed E-state index contributed by atoms with van der Waals surface area (Å²) in [6.45, 7) is 0.394. The van der Waals surface area contributed by atoms with Gasteiger partial charge in [0.15, 0.2) is 0 Å². The third kappa shape index (κ3) is 3.95. The van der Waals surface area contributed by atoms with E-state index < -0.39 is 10.0 Å². The van der Waals surface area contributed by atoms with Gasteiger partial charge in [0, 0.05) is 22.8 Å². The summed E-state index contributed by atoms with van der Waals surface area (Å²) in [5, 5.41) is 0. The number of nitrogens with one attached hydrogen (secondary N) is 1. The molecule has 1 aromatic rings. The van der Waals surface area contributed by atoms with Crippen molar-refractivity contribution >= 4 is 37.7 Å². The van der Waals surface area contributed by atoms with E-state index in [9.17, 15) is 8.42 Å². The van der Waals surface area contributed by atoms with Crippen LogP contribution < -0.4 is 10.5 Å². The van der Waals surface area contributed by atoms with Gasteiger partial charge in [-0.05, 0) is 52.2 Å². The Bertz CT molecular complexity index is 543. The Morgan fingerprint density at radius 1 is 1.47 bits per heavy atom. The molecule has 0 aliphatic carbocycles. The highest BCUT2D eigenvalue weighted by Gasteiger charge is 2.23. The van der Waals surface area contributed by atoms with Crippen molar-refractivity contribution in [3.05, 3.63) is 28.2 Å². The largest absolute Gasteiger partial charge is 0.326 e. The fourth-order valence-corrected chi connectivity index (χ4v) is 5.58. The van der Waals surface area contributed by atoms with Crippen LogP contribution in [0.5, 0.6) is 0 Å². The maximum Gasteiger partial charge on any atom is 0.241 e. The zero-order valence-electron chi connectivity index (χ0n) is 10.4. The summed E-state index contributed by atoms with van der Waals surface area (Å²) in [7, 11) is -3.47. The van der Waals surface area contributed by atoms with Gasteiger partial charge in [0.05, 0.1) is 4.90 Å². The average Bonchev–Trinajstić information content (AvgIpc) is 2.38. The van der Waals surface area contributed by atoms with Crippen molar-refractivity contribution in [1.29, 1.82) is 0 Å². The molecule has 1 aromatic carbocycles. The molecular weight excluding hydrogens is 348 g/mol. The number of rotatable bonds is 4. The molecule has 0 amide bonds. The summed E-state index contributed by atoms with van der Waals surface area (Å²) in [4.78, 5) is 0.278. The highest BCUT2D eigenvalue weighted by Crippen LogP contribution is 2.25. The van der Waals surface area contributed by atoms with Gasteiger partial charge in [-0.15, -0.1) is 0 Å². The van der Waals surface area contributed by atoms with E-state index in [1.54, 1.807) is 30.0 Å². The summed E-state index contributed by atoms with van der Waals surface area (Å²) in [6.07, 6.45) is 1.97. The first kappa shape index (κ1) is 15.3. The highest BCUT2D eigenvalue weighted by atomic mass is 79.9. The molecule has 1 atom stereocenters. The molecule has 106 valence electrons. The molecule has 1 saturated heterocycles. The molecule has 1 aliphatic heterocycles. The van der Waals surface area contributed by atoms with E-state index >= 15 is 0 Å². The van der Waals surface area contributed by atoms with Gasteiger partial charge < -0.3 is 5.73 Å². The average molecular weight is 365 g/mol. The molecule has 0 saturated carbocycles. The van der Waals surface area contributed by atoms with E-state index in [4.69, 9.17) is 5.73 Å². The van der Waals surface area contributed by atoms with Crippen LogP contribution in [-0.4, -0.2) is 26.0 Å². The lowest BCUT2D eigenvalue weighted by Gasteiger charge is -2.22. The molecule has 1 heterocycles. The fraction of sp³-hybridized carbons (Fsp3) is 0.500. The Morgan fingerprint density at radius 3 is 2.84 bits per heavy atom. The Morgan fingerprint density at radius 2 is 2.26 bits per heavy atom. The van der Waals surface area contributed by atoms with Crippen molar-refractivity contribution in [2.75, 3.05) is 11.5 Å². The van der Waals surface area contributed by atoms with Crippen LogP contribution in [0.2, 0.25) is 0 Å². The van der Waals surface area contributed by atoms with Crippen LogP contribution in [0.1, 0.15) is 18.4 Å². The van der Waals surface area contributed by atoms with Crippen LogP contribution in [0.3, 0.4) is 0 Å². The molecule has 3 N–H and O–H groups in total. The van der Waals surface area contributed by atoms with Crippen molar-refractivity contribution in [1.82, 2.24) is 4.72 Å². The molecule has 1 aliphatic rings. The summed E-state index contributed by atoms with van der Waals surface area (Å²) in [5.74, 6) is 1.96. The van der Waals surface area contributed by atoms with Gasteiger partial charge in [-0.25, -0.2) is 13.1 Å². The Balaban J connectivity index is 2.18. The molecule has 4 nitrogen and oxygen atoms in total.